The number of nitrogens with zero attached hydrogens (tertiary/aromatic N) is 2. The van der Waals surface area contributed by atoms with Crippen LogP contribution in [0.25, 0.3) is 10.2 Å². The van der Waals surface area contributed by atoms with Crippen LogP contribution in [-0.2, 0) is 9.59 Å². The number of carbonyl (C=O) groups excluding carboxylic acids is 3. The number of imide groups is 1. The molecule has 0 spiro atoms. The third kappa shape index (κ3) is 3.34. The van der Waals surface area contributed by atoms with Gasteiger partial charge in [0.2, 0.25) is 0 Å². The summed E-state index contributed by atoms with van der Waals surface area (Å²) in [6, 6.07) is 7.13. The monoisotopic (exact) mass is 378 g/mol. The molecule has 2 aromatic rings. The van der Waals surface area contributed by atoms with E-state index in [9.17, 15) is 14.4 Å². The van der Waals surface area contributed by atoms with Crippen LogP contribution < -0.4 is 10.7 Å². The van der Waals surface area contributed by atoms with Gasteiger partial charge in [-0.1, -0.05) is 30.8 Å². The van der Waals surface area contributed by atoms with Gasteiger partial charge in [0.05, 0.1) is 15.5 Å². The Labute approximate surface area is 153 Å². The van der Waals surface area contributed by atoms with Gasteiger partial charge in [-0.3, -0.25) is 15.0 Å². The minimum absolute atomic E-state index is 0.423. The number of hydrazine groups is 1. The summed E-state index contributed by atoms with van der Waals surface area (Å²) in [7, 11) is 0. The van der Waals surface area contributed by atoms with Gasteiger partial charge in [0.25, 0.3) is 11.8 Å². The molecule has 1 aliphatic heterocycles. The van der Waals surface area contributed by atoms with Gasteiger partial charge in [-0.2, -0.15) is 5.01 Å². The quantitative estimate of drug-likeness (QED) is 0.616. The van der Waals surface area contributed by atoms with Crippen molar-refractivity contribution in [3.8, 4) is 0 Å². The Morgan fingerprint density at radius 3 is 2.80 bits per heavy atom. The Balaban J connectivity index is 1.66. The van der Waals surface area contributed by atoms with E-state index in [0.717, 1.165) is 19.6 Å². The van der Waals surface area contributed by atoms with Gasteiger partial charge in [0.1, 0.15) is 5.54 Å². The zero-order chi connectivity index (χ0) is 18.2. The molecule has 1 aliphatic rings. The highest BCUT2D eigenvalue weighted by molar-refractivity contribution is 8.02. The van der Waals surface area contributed by atoms with Crippen molar-refractivity contribution in [2.45, 2.75) is 42.3 Å². The lowest BCUT2D eigenvalue weighted by atomic mass is 10.00. The molecule has 0 radical (unpaired) electrons. The van der Waals surface area contributed by atoms with Crippen LogP contribution in [0, 0.1) is 0 Å². The molecule has 0 bridgehead atoms. The number of benzene rings is 1. The fourth-order valence-electron chi connectivity index (χ4n) is 2.33. The Kier molecular flexibility index (Phi) is 4.70. The van der Waals surface area contributed by atoms with Crippen molar-refractivity contribution in [1.82, 2.24) is 20.7 Å². The Bertz CT molecular complexity index is 820. The molecule has 1 saturated heterocycles. The summed E-state index contributed by atoms with van der Waals surface area (Å²) in [4.78, 5) is 41.1. The van der Waals surface area contributed by atoms with Crippen LogP contribution in [0.1, 0.15) is 27.2 Å². The number of hydrogen-bond donors (Lipinski definition) is 2. The first kappa shape index (κ1) is 17.7. The van der Waals surface area contributed by atoms with E-state index in [-0.39, 0.29) is 0 Å². The number of thioether (sulfide) groups is 1. The van der Waals surface area contributed by atoms with E-state index in [2.05, 4.69) is 15.7 Å². The highest BCUT2D eigenvalue weighted by atomic mass is 32.2. The molecule has 1 aromatic carbocycles. The number of thiazole rings is 1. The van der Waals surface area contributed by atoms with E-state index >= 15 is 0 Å². The smallest absolute Gasteiger partial charge is 0.322 e. The fraction of sp³-hybridized carbons (Fsp3) is 0.375. The largest absolute Gasteiger partial charge is 0.344 e. The average molecular weight is 378 g/mol. The molecule has 0 saturated carbocycles. The minimum Gasteiger partial charge on any atom is -0.322 e. The van der Waals surface area contributed by atoms with Crippen LogP contribution >= 0.6 is 23.1 Å². The van der Waals surface area contributed by atoms with Crippen LogP contribution in [0.4, 0.5) is 4.79 Å². The third-order valence-corrected chi connectivity index (χ3v) is 6.34. The van der Waals surface area contributed by atoms with E-state index < -0.39 is 28.6 Å². The van der Waals surface area contributed by atoms with Crippen LogP contribution in [-0.4, -0.2) is 38.6 Å². The second-order valence-electron chi connectivity index (χ2n) is 5.94. The molecule has 2 N–H and O–H groups in total. The minimum atomic E-state index is -0.978. The summed E-state index contributed by atoms with van der Waals surface area (Å²) >= 11 is 2.80. The van der Waals surface area contributed by atoms with Gasteiger partial charge in [-0.05, 0) is 32.4 Å². The van der Waals surface area contributed by atoms with Crippen molar-refractivity contribution in [2.75, 3.05) is 0 Å². The molecule has 7 nitrogen and oxygen atoms in total. The van der Waals surface area contributed by atoms with Crippen molar-refractivity contribution in [3.63, 3.8) is 0 Å². The summed E-state index contributed by atoms with van der Waals surface area (Å²) in [5.41, 5.74) is 2.32. The number of aromatic nitrogens is 1. The standard InChI is InChI=1S/C16H18N4O3S2/c1-4-16(3)13(22)20(14(23)18-16)19-12(21)9(2)24-15-17-10-7-5-6-8-11(10)25-15/h5-9H,4H2,1-3H3,(H,18,23)(H,19,21). The van der Waals surface area contributed by atoms with E-state index in [4.69, 9.17) is 0 Å². The number of rotatable bonds is 5. The number of fused-ring (bicyclic) bond motifs is 1. The second-order valence-corrected chi connectivity index (χ2v) is 8.56. The van der Waals surface area contributed by atoms with Gasteiger partial charge >= 0.3 is 6.03 Å². The summed E-state index contributed by atoms with van der Waals surface area (Å²) in [6.45, 7) is 5.15. The molecule has 1 aromatic heterocycles. The maximum atomic E-state index is 12.4. The molecule has 2 unspecified atom stereocenters. The first-order chi connectivity index (χ1) is 11.8. The molecule has 2 heterocycles. The molecule has 4 amide bonds. The number of amides is 4. The number of nitrogens with one attached hydrogen (secondary N) is 2. The Hall–Kier alpha value is -2.13. The molecule has 3 rings (SSSR count). The van der Waals surface area contributed by atoms with Crippen molar-refractivity contribution in [3.05, 3.63) is 24.3 Å². The van der Waals surface area contributed by atoms with E-state index in [1.807, 2.05) is 24.3 Å². The van der Waals surface area contributed by atoms with Gasteiger partial charge in [0.15, 0.2) is 4.34 Å². The number of para-hydroxylation sites is 1. The maximum Gasteiger partial charge on any atom is 0.344 e. The molecular formula is C16H18N4O3S2. The molecule has 132 valence electrons. The lowest BCUT2D eigenvalue weighted by Gasteiger charge is -2.20. The number of hydrogen-bond acceptors (Lipinski definition) is 6. The van der Waals surface area contributed by atoms with Crippen LogP contribution in [0.2, 0.25) is 0 Å². The first-order valence-electron chi connectivity index (χ1n) is 7.83. The third-order valence-electron chi connectivity index (χ3n) is 4.11. The normalized spacial score (nSPS) is 21.5. The van der Waals surface area contributed by atoms with E-state index in [1.165, 1.54) is 23.1 Å². The number of carbonyl (C=O) groups is 3. The van der Waals surface area contributed by atoms with Crippen LogP contribution in [0.15, 0.2) is 28.6 Å². The summed E-state index contributed by atoms with van der Waals surface area (Å²) in [6.07, 6.45) is 0.444. The van der Waals surface area contributed by atoms with Crippen LogP contribution in [0.5, 0.6) is 0 Å². The molecule has 25 heavy (non-hydrogen) atoms. The van der Waals surface area contributed by atoms with Gasteiger partial charge in [-0.15, -0.1) is 11.3 Å². The highest BCUT2D eigenvalue weighted by Gasteiger charge is 2.47. The SMILES string of the molecule is CCC1(C)NC(=O)N(NC(=O)C(C)Sc2nc3ccccc3s2)C1=O. The molecule has 0 aliphatic carbocycles. The number of urea groups is 1. The summed E-state index contributed by atoms with van der Waals surface area (Å²) < 4.78 is 1.81. The van der Waals surface area contributed by atoms with Gasteiger partial charge in [0, 0.05) is 0 Å². The van der Waals surface area contributed by atoms with E-state index in [1.54, 1.807) is 20.8 Å². The molecule has 2 atom stereocenters. The Morgan fingerprint density at radius 1 is 1.44 bits per heavy atom. The van der Waals surface area contributed by atoms with Crippen molar-refractivity contribution in [2.24, 2.45) is 0 Å². The lowest BCUT2D eigenvalue weighted by molar-refractivity contribution is -0.138. The van der Waals surface area contributed by atoms with E-state index in [0.29, 0.717) is 6.42 Å². The zero-order valence-corrected chi connectivity index (χ0v) is 15.7. The topological polar surface area (TPSA) is 91.4 Å². The molecule has 9 heteroatoms. The van der Waals surface area contributed by atoms with Gasteiger partial charge in [-0.25, -0.2) is 9.78 Å². The van der Waals surface area contributed by atoms with Crippen molar-refractivity contribution in [1.29, 1.82) is 0 Å². The predicted octanol–water partition coefficient (Wildman–Crippen LogP) is 2.53. The average Bonchev–Trinajstić information content (AvgIpc) is 3.08. The van der Waals surface area contributed by atoms with Crippen LogP contribution in [0.3, 0.4) is 0 Å². The fourth-order valence-corrected chi connectivity index (χ4v) is 4.54. The molecular weight excluding hydrogens is 360 g/mol. The Morgan fingerprint density at radius 2 is 2.16 bits per heavy atom. The van der Waals surface area contributed by atoms with Gasteiger partial charge < -0.3 is 5.32 Å². The summed E-state index contributed by atoms with van der Waals surface area (Å²) in [5.74, 6) is -0.876. The van der Waals surface area contributed by atoms with Crippen molar-refractivity contribution < 1.29 is 14.4 Å². The van der Waals surface area contributed by atoms with Crippen molar-refractivity contribution >= 4 is 51.2 Å². The predicted molar refractivity (Wildman–Crippen MR) is 97.2 cm³/mol. The first-order valence-corrected chi connectivity index (χ1v) is 9.53. The summed E-state index contributed by atoms with van der Waals surface area (Å²) in [5, 5.41) is 2.86. The lowest BCUT2D eigenvalue weighted by Crippen LogP contribution is -2.50. The highest BCUT2D eigenvalue weighted by Crippen LogP contribution is 2.32. The zero-order valence-electron chi connectivity index (χ0n) is 14.0. The second kappa shape index (κ2) is 6.64. The molecule has 1 fully saturated rings. The maximum absolute atomic E-state index is 12.4.